The molecule has 224 valence electrons. The van der Waals surface area contributed by atoms with Gasteiger partial charge in [-0.1, -0.05) is 37.3 Å². The van der Waals surface area contributed by atoms with Crippen molar-refractivity contribution in [1.82, 2.24) is 10.2 Å². The van der Waals surface area contributed by atoms with Crippen LogP contribution >= 0.6 is 0 Å². The number of piperidine rings is 1. The highest BCUT2D eigenvalue weighted by Gasteiger charge is 2.20. The second-order valence-electron chi connectivity index (χ2n) is 10.7. The molecule has 1 saturated heterocycles. The Labute approximate surface area is 253 Å². The molecule has 4 aromatic rings. The van der Waals surface area contributed by atoms with Gasteiger partial charge in [-0.2, -0.15) is 0 Å². The van der Waals surface area contributed by atoms with Gasteiger partial charge in [-0.3, -0.25) is 4.79 Å². The highest BCUT2D eigenvalue weighted by molar-refractivity contribution is 5.96. The number of likely N-dealkylation sites (tertiary alicyclic amines) is 1. The van der Waals surface area contributed by atoms with Crippen molar-refractivity contribution >= 4 is 5.91 Å². The molecule has 1 heterocycles. The Morgan fingerprint density at radius 1 is 0.860 bits per heavy atom. The van der Waals surface area contributed by atoms with Crippen molar-refractivity contribution < 1.29 is 23.4 Å². The summed E-state index contributed by atoms with van der Waals surface area (Å²) in [6.07, 6.45) is 2.72. The topological polar surface area (TPSA) is 60.0 Å². The zero-order valence-corrected chi connectivity index (χ0v) is 25.1. The maximum absolute atomic E-state index is 14.2. The molecule has 1 N–H and O–H groups in total. The highest BCUT2D eigenvalue weighted by atomic mass is 19.1. The fourth-order valence-electron chi connectivity index (χ4n) is 5.59. The predicted molar refractivity (Wildman–Crippen MR) is 169 cm³/mol. The number of ether oxygens (including phenoxy) is 3. The lowest BCUT2D eigenvalue weighted by atomic mass is 9.97. The number of methoxy groups -OCH3 is 2. The van der Waals surface area contributed by atoms with Crippen LogP contribution in [0.3, 0.4) is 0 Å². The van der Waals surface area contributed by atoms with Crippen LogP contribution in [0.25, 0.3) is 22.3 Å². The fourth-order valence-corrected chi connectivity index (χ4v) is 5.59. The maximum Gasteiger partial charge on any atom is 0.251 e. The Morgan fingerprint density at radius 3 is 2.35 bits per heavy atom. The molecule has 7 heteroatoms. The lowest BCUT2D eigenvalue weighted by Gasteiger charge is -2.31. The van der Waals surface area contributed by atoms with E-state index in [1.54, 1.807) is 38.5 Å². The van der Waals surface area contributed by atoms with E-state index in [9.17, 15) is 9.18 Å². The van der Waals surface area contributed by atoms with Crippen molar-refractivity contribution in [2.45, 2.75) is 32.3 Å². The van der Waals surface area contributed by atoms with Gasteiger partial charge in [0.05, 0.1) is 14.2 Å². The molecule has 4 aromatic carbocycles. The standard InChI is InChI=1S/C36H39FN2O4/c1-4-39-19-16-30(17-20-39)43-32-13-11-25(33(24-32)26-7-5-9-29(37)21-26)15-18-38-36(40)28-12-14-35(42-3)34(23-28)27-8-6-10-31(22-27)41-2/h5-14,21-24,30H,4,15-20H2,1-3H3,(H,38,40). The van der Waals surface area contributed by atoms with E-state index < -0.39 is 0 Å². The highest BCUT2D eigenvalue weighted by Crippen LogP contribution is 2.33. The Kier molecular flexibility index (Phi) is 9.95. The lowest BCUT2D eigenvalue weighted by molar-refractivity contribution is 0.0954. The van der Waals surface area contributed by atoms with Gasteiger partial charge in [-0.15, -0.1) is 0 Å². The van der Waals surface area contributed by atoms with E-state index in [0.29, 0.717) is 24.3 Å². The third kappa shape index (κ3) is 7.54. The Morgan fingerprint density at radius 2 is 1.63 bits per heavy atom. The van der Waals surface area contributed by atoms with Crippen LogP contribution in [0, 0.1) is 5.82 Å². The van der Waals surface area contributed by atoms with Crippen molar-refractivity contribution in [2.75, 3.05) is 40.4 Å². The van der Waals surface area contributed by atoms with Crippen molar-refractivity contribution in [3.05, 3.63) is 102 Å². The number of nitrogens with zero attached hydrogens (tertiary/aromatic N) is 1. The molecule has 0 unspecified atom stereocenters. The molecule has 43 heavy (non-hydrogen) atoms. The molecule has 5 rings (SSSR count). The summed E-state index contributed by atoms with van der Waals surface area (Å²) in [5, 5.41) is 3.05. The maximum atomic E-state index is 14.2. The van der Waals surface area contributed by atoms with E-state index in [-0.39, 0.29) is 17.8 Å². The average Bonchev–Trinajstić information content (AvgIpc) is 3.05. The van der Waals surface area contributed by atoms with Gasteiger partial charge in [-0.05, 0) is 103 Å². The summed E-state index contributed by atoms with van der Waals surface area (Å²) in [6, 6.07) is 25.7. The van der Waals surface area contributed by atoms with Gasteiger partial charge >= 0.3 is 0 Å². The number of hydrogen-bond donors (Lipinski definition) is 1. The zero-order chi connectivity index (χ0) is 30.2. The van der Waals surface area contributed by atoms with E-state index in [2.05, 4.69) is 17.1 Å². The molecule has 6 nitrogen and oxygen atoms in total. The van der Waals surface area contributed by atoms with E-state index in [4.69, 9.17) is 14.2 Å². The van der Waals surface area contributed by atoms with Crippen molar-refractivity contribution in [2.24, 2.45) is 0 Å². The van der Waals surface area contributed by atoms with E-state index in [0.717, 1.165) is 71.8 Å². The quantitative estimate of drug-likeness (QED) is 0.206. The smallest absolute Gasteiger partial charge is 0.251 e. The number of rotatable bonds is 11. The molecule has 0 spiro atoms. The minimum absolute atomic E-state index is 0.166. The SMILES string of the molecule is CCN1CCC(Oc2ccc(CCNC(=O)c3ccc(OC)c(-c4cccc(OC)c4)c3)c(-c3cccc(F)c3)c2)CC1. The van der Waals surface area contributed by atoms with E-state index >= 15 is 0 Å². The molecule has 0 bridgehead atoms. The number of benzene rings is 4. The van der Waals surface area contributed by atoms with Crippen LogP contribution in [-0.2, 0) is 6.42 Å². The third-order valence-corrected chi connectivity index (χ3v) is 8.02. The minimum Gasteiger partial charge on any atom is -0.497 e. The molecule has 0 aromatic heterocycles. The van der Waals surface area contributed by atoms with Gasteiger partial charge in [0.2, 0.25) is 0 Å². The first kappa shape index (κ1) is 30.1. The molecule has 1 aliphatic heterocycles. The number of carbonyl (C=O) groups excluding carboxylic acids is 1. The number of amides is 1. The van der Waals surface area contributed by atoms with Gasteiger partial charge in [-0.25, -0.2) is 4.39 Å². The van der Waals surface area contributed by atoms with Gasteiger partial charge < -0.3 is 24.4 Å². The molecule has 0 radical (unpaired) electrons. The van der Waals surface area contributed by atoms with Gasteiger partial charge in [0.25, 0.3) is 5.91 Å². The van der Waals surface area contributed by atoms with Gasteiger partial charge in [0.1, 0.15) is 29.2 Å². The van der Waals surface area contributed by atoms with Crippen molar-refractivity contribution in [1.29, 1.82) is 0 Å². The summed E-state index contributed by atoms with van der Waals surface area (Å²) in [4.78, 5) is 15.6. The summed E-state index contributed by atoms with van der Waals surface area (Å²) in [5.41, 5.74) is 4.92. The first-order valence-corrected chi connectivity index (χ1v) is 14.9. The summed E-state index contributed by atoms with van der Waals surface area (Å²) in [7, 11) is 3.23. The lowest BCUT2D eigenvalue weighted by Crippen LogP contribution is -2.37. The fraction of sp³-hybridized carbons (Fsp3) is 0.306. The molecule has 0 atom stereocenters. The number of hydrogen-bond acceptors (Lipinski definition) is 5. The van der Waals surface area contributed by atoms with Crippen LogP contribution in [0.1, 0.15) is 35.7 Å². The number of nitrogens with one attached hydrogen (secondary N) is 1. The van der Waals surface area contributed by atoms with Crippen molar-refractivity contribution in [3.63, 3.8) is 0 Å². The van der Waals surface area contributed by atoms with Gasteiger partial charge in [0.15, 0.2) is 0 Å². The Balaban J connectivity index is 1.30. The van der Waals surface area contributed by atoms with Crippen LogP contribution in [0.5, 0.6) is 17.2 Å². The number of carbonyl (C=O) groups is 1. The largest absolute Gasteiger partial charge is 0.497 e. The number of halogens is 1. The molecule has 0 saturated carbocycles. The first-order valence-electron chi connectivity index (χ1n) is 14.9. The Bertz CT molecular complexity index is 1550. The normalized spacial score (nSPS) is 13.9. The van der Waals surface area contributed by atoms with Crippen molar-refractivity contribution in [3.8, 4) is 39.5 Å². The second-order valence-corrected chi connectivity index (χ2v) is 10.7. The van der Waals surface area contributed by atoms with Crippen LogP contribution < -0.4 is 19.5 Å². The predicted octanol–water partition coefficient (Wildman–Crippen LogP) is 7.01. The summed E-state index contributed by atoms with van der Waals surface area (Å²) < 4.78 is 31.5. The molecule has 1 amide bonds. The third-order valence-electron chi connectivity index (χ3n) is 8.02. The average molecular weight is 583 g/mol. The van der Waals surface area contributed by atoms with Gasteiger partial charge in [0, 0.05) is 30.8 Å². The molecule has 1 aliphatic rings. The second kappa shape index (κ2) is 14.2. The molecule has 0 aliphatic carbocycles. The Hall–Kier alpha value is -4.36. The van der Waals surface area contributed by atoms with Crippen LogP contribution in [0.2, 0.25) is 0 Å². The molecule has 1 fully saturated rings. The van der Waals surface area contributed by atoms with Crippen LogP contribution in [0.4, 0.5) is 4.39 Å². The van der Waals surface area contributed by atoms with E-state index in [1.165, 1.54) is 6.07 Å². The monoisotopic (exact) mass is 582 g/mol. The van der Waals surface area contributed by atoms with E-state index in [1.807, 2.05) is 54.6 Å². The first-order chi connectivity index (χ1) is 21.0. The summed E-state index contributed by atoms with van der Waals surface area (Å²) in [5.74, 6) is 1.70. The van der Waals surface area contributed by atoms with Crippen LogP contribution in [-0.4, -0.2) is 57.3 Å². The zero-order valence-electron chi connectivity index (χ0n) is 25.1. The summed E-state index contributed by atoms with van der Waals surface area (Å²) in [6.45, 7) is 5.72. The van der Waals surface area contributed by atoms with Crippen LogP contribution in [0.15, 0.2) is 84.9 Å². The summed E-state index contributed by atoms with van der Waals surface area (Å²) >= 11 is 0. The molecular formula is C36H39FN2O4. The molecular weight excluding hydrogens is 543 g/mol. The minimum atomic E-state index is -0.290.